The molecule has 0 N–H and O–H groups in total. The van der Waals surface area contributed by atoms with Crippen molar-refractivity contribution in [2.24, 2.45) is 0 Å². The first-order valence-electron chi connectivity index (χ1n) is 7.69. The molecule has 0 radical (unpaired) electrons. The number of benzene rings is 1. The molecule has 0 saturated heterocycles. The van der Waals surface area contributed by atoms with Crippen LogP contribution < -0.4 is 4.74 Å². The predicted molar refractivity (Wildman–Crippen MR) is 86.2 cm³/mol. The van der Waals surface area contributed by atoms with Gasteiger partial charge in [0.1, 0.15) is 11.4 Å². The molecule has 0 aliphatic heterocycles. The van der Waals surface area contributed by atoms with Gasteiger partial charge >= 0.3 is 0 Å². The molecule has 3 rings (SSSR count). The van der Waals surface area contributed by atoms with E-state index in [0.29, 0.717) is 6.04 Å². The summed E-state index contributed by atoms with van der Waals surface area (Å²) in [6.45, 7) is 2.04. The maximum Gasteiger partial charge on any atom is 0.270 e. The summed E-state index contributed by atoms with van der Waals surface area (Å²) in [5.41, 5.74) is 1.85. The second kappa shape index (κ2) is 5.87. The van der Waals surface area contributed by atoms with Crippen LogP contribution in [0.5, 0.6) is 5.75 Å². The third kappa shape index (κ3) is 2.73. The Labute approximate surface area is 131 Å². The number of aromatic nitrogens is 1. The first kappa shape index (κ1) is 14.7. The van der Waals surface area contributed by atoms with Gasteiger partial charge in [0.2, 0.25) is 0 Å². The van der Waals surface area contributed by atoms with Crippen molar-refractivity contribution < 1.29 is 9.53 Å². The molecule has 22 heavy (non-hydrogen) atoms. The van der Waals surface area contributed by atoms with Crippen LogP contribution in [0.1, 0.15) is 47.9 Å². The number of ether oxygens (including phenoxy) is 1. The molecule has 1 aliphatic rings. The Balaban J connectivity index is 1.81. The Bertz CT molecular complexity index is 673. The van der Waals surface area contributed by atoms with E-state index < -0.39 is 0 Å². The van der Waals surface area contributed by atoms with Gasteiger partial charge in [0, 0.05) is 19.3 Å². The highest BCUT2D eigenvalue weighted by Gasteiger charge is 2.29. The molecule has 1 aromatic carbocycles. The molecule has 1 amide bonds. The summed E-state index contributed by atoms with van der Waals surface area (Å²) >= 11 is 0. The molecule has 116 valence electrons. The van der Waals surface area contributed by atoms with Gasteiger partial charge in [0.15, 0.2) is 0 Å². The molecule has 1 aromatic heterocycles. The summed E-state index contributed by atoms with van der Waals surface area (Å²) < 4.78 is 7.38. The van der Waals surface area contributed by atoms with Crippen molar-refractivity contribution in [2.45, 2.75) is 31.8 Å². The van der Waals surface area contributed by atoms with Crippen LogP contribution in [0.2, 0.25) is 0 Å². The highest BCUT2D eigenvalue weighted by atomic mass is 16.5. The Kier molecular flexibility index (Phi) is 3.92. The molecular formula is C18H22N2O2. The third-order valence-corrected chi connectivity index (χ3v) is 4.42. The molecular weight excluding hydrogens is 276 g/mol. The fourth-order valence-corrected chi connectivity index (χ4v) is 2.73. The van der Waals surface area contributed by atoms with Gasteiger partial charge in [-0.05, 0) is 49.6 Å². The van der Waals surface area contributed by atoms with Crippen LogP contribution in [0.25, 0.3) is 0 Å². The van der Waals surface area contributed by atoms with E-state index in [2.05, 4.69) is 4.57 Å². The van der Waals surface area contributed by atoms with Crippen LogP contribution >= 0.6 is 0 Å². The lowest BCUT2D eigenvalue weighted by molar-refractivity contribution is 0.0731. The van der Waals surface area contributed by atoms with Crippen LogP contribution in [0.15, 0.2) is 42.6 Å². The van der Waals surface area contributed by atoms with Crippen LogP contribution in [0.4, 0.5) is 0 Å². The normalized spacial score (nSPS) is 15.4. The van der Waals surface area contributed by atoms with Gasteiger partial charge in [-0.25, -0.2) is 0 Å². The number of rotatable bonds is 5. The monoisotopic (exact) mass is 298 g/mol. The Hall–Kier alpha value is -2.23. The number of amides is 1. The molecule has 2 aromatic rings. The Morgan fingerprint density at radius 1 is 1.32 bits per heavy atom. The van der Waals surface area contributed by atoms with Crippen molar-refractivity contribution in [1.82, 2.24) is 9.47 Å². The summed E-state index contributed by atoms with van der Waals surface area (Å²) in [4.78, 5) is 14.6. The summed E-state index contributed by atoms with van der Waals surface area (Å²) in [5.74, 6) is 0.874. The van der Waals surface area contributed by atoms with Crippen molar-refractivity contribution in [2.75, 3.05) is 14.2 Å². The third-order valence-electron chi connectivity index (χ3n) is 4.42. The lowest BCUT2D eigenvalue weighted by atomic mass is 10.1. The quantitative estimate of drug-likeness (QED) is 0.844. The minimum absolute atomic E-state index is 0.00912. The standard InChI is InChI=1S/C18H22N2O2/c1-13(14-6-4-7-16(12-14)22-3)19(2)18(21)17-8-5-11-20(17)15-9-10-15/h4-8,11-13,15H,9-10H2,1-3H3. The largest absolute Gasteiger partial charge is 0.497 e. The molecule has 0 bridgehead atoms. The smallest absolute Gasteiger partial charge is 0.270 e. The van der Waals surface area contributed by atoms with E-state index in [1.165, 1.54) is 12.8 Å². The SMILES string of the molecule is COc1cccc(C(C)N(C)C(=O)c2cccn2C2CC2)c1. The molecule has 1 aliphatic carbocycles. The highest BCUT2D eigenvalue weighted by molar-refractivity contribution is 5.93. The summed E-state index contributed by atoms with van der Waals surface area (Å²) in [5, 5.41) is 0. The maximum atomic E-state index is 12.8. The summed E-state index contributed by atoms with van der Waals surface area (Å²) in [7, 11) is 3.51. The van der Waals surface area contributed by atoms with Crippen molar-refractivity contribution >= 4 is 5.91 Å². The van der Waals surface area contributed by atoms with Crippen LogP contribution in [-0.4, -0.2) is 29.5 Å². The van der Waals surface area contributed by atoms with Gasteiger partial charge < -0.3 is 14.2 Å². The first-order valence-corrected chi connectivity index (χ1v) is 7.69. The van der Waals surface area contributed by atoms with Gasteiger partial charge in [0.25, 0.3) is 5.91 Å². The zero-order chi connectivity index (χ0) is 15.7. The van der Waals surface area contributed by atoms with Crippen molar-refractivity contribution in [3.63, 3.8) is 0 Å². The van der Waals surface area contributed by atoms with E-state index in [9.17, 15) is 4.79 Å². The van der Waals surface area contributed by atoms with E-state index in [1.807, 2.05) is 56.6 Å². The molecule has 1 unspecified atom stereocenters. The number of hydrogen-bond acceptors (Lipinski definition) is 2. The Morgan fingerprint density at radius 2 is 2.09 bits per heavy atom. The average Bonchev–Trinajstić information content (AvgIpc) is 3.29. The maximum absolute atomic E-state index is 12.8. The minimum atomic E-state index is -0.00912. The predicted octanol–water partition coefficient (Wildman–Crippen LogP) is 3.66. The van der Waals surface area contributed by atoms with Crippen molar-refractivity contribution in [3.05, 3.63) is 53.9 Å². The fourth-order valence-electron chi connectivity index (χ4n) is 2.73. The van der Waals surface area contributed by atoms with Crippen molar-refractivity contribution in [3.8, 4) is 5.75 Å². The number of nitrogens with zero attached hydrogens (tertiary/aromatic N) is 2. The molecule has 0 spiro atoms. The van der Waals surface area contributed by atoms with Gasteiger partial charge in [-0.3, -0.25) is 4.79 Å². The van der Waals surface area contributed by atoms with E-state index in [-0.39, 0.29) is 11.9 Å². The first-order chi connectivity index (χ1) is 10.6. The summed E-state index contributed by atoms with van der Waals surface area (Å²) in [6.07, 6.45) is 4.35. The van der Waals surface area contributed by atoms with E-state index in [1.54, 1.807) is 12.0 Å². The number of hydrogen-bond donors (Lipinski definition) is 0. The molecule has 1 saturated carbocycles. The van der Waals surface area contributed by atoms with E-state index >= 15 is 0 Å². The van der Waals surface area contributed by atoms with Crippen LogP contribution in [0, 0.1) is 0 Å². The fraction of sp³-hybridized carbons (Fsp3) is 0.389. The molecule has 4 heteroatoms. The lowest BCUT2D eigenvalue weighted by Gasteiger charge is -2.26. The topological polar surface area (TPSA) is 34.5 Å². The van der Waals surface area contributed by atoms with Crippen LogP contribution in [0.3, 0.4) is 0 Å². The van der Waals surface area contributed by atoms with Gasteiger partial charge in [-0.2, -0.15) is 0 Å². The molecule has 1 heterocycles. The Morgan fingerprint density at radius 3 is 2.77 bits per heavy atom. The second-order valence-electron chi connectivity index (χ2n) is 5.90. The minimum Gasteiger partial charge on any atom is -0.497 e. The molecule has 1 atom stereocenters. The zero-order valence-corrected chi connectivity index (χ0v) is 13.3. The van der Waals surface area contributed by atoms with E-state index in [0.717, 1.165) is 17.0 Å². The molecule has 1 fully saturated rings. The highest BCUT2D eigenvalue weighted by Crippen LogP contribution is 2.36. The van der Waals surface area contributed by atoms with Gasteiger partial charge in [0.05, 0.1) is 13.2 Å². The lowest BCUT2D eigenvalue weighted by Crippen LogP contribution is -2.31. The zero-order valence-electron chi connectivity index (χ0n) is 13.3. The van der Waals surface area contributed by atoms with Gasteiger partial charge in [-0.1, -0.05) is 12.1 Å². The van der Waals surface area contributed by atoms with Crippen molar-refractivity contribution in [1.29, 1.82) is 0 Å². The number of carbonyl (C=O) groups is 1. The number of carbonyl (C=O) groups excluding carboxylic acids is 1. The second-order valence-corrected chi connectivity index (χ2v) is 5.90. The van der Waals surface area contributed by atoms with E-state index in [4.69, 9.17) is 4.74 Å². The van der Waals surface area contributed by atoms with Crippen LogP contribution in [-0.2, 0) is 0 Å². The summed E-state index contributed by atoms with van der Waals surface area (Å²) in [6, 6.07) is 12.2. The molecule has 4 nitrogen and oxygen atoms in total. The number of methoxy groups -OCH3 is 1. The van der Waals surface area contributed by atoms with Gasteiger partial charge in [-0.15, -0.1) is 0 Å². The average molecular weight is 298 g/mol.